The lowest BCUT2D eigenvalue weighted by Gasteiger charge is -2.15. The number of alkyl halides is 3. The molecular formula is C19H23F3N4O4. The number of anilines is 2. The van der Waals surface area contributed by atoms with E-state index in [1.165, 1.54) is 16.9 Å². The molecule has 1 heterocycles. The number of rotatable bonds is 8. The van der Waals surface area contributed by atoms with Crippen molar-refractivity contribution in [2.75, 3.05) is 17.2 Å². The van der Waals surface area contributed by atoms with E-state index < -0.39 is 29.8 Å². The van der Waals surface area contributed by atoms with Gasteiger partial charge < -0.3 is 15.2 Å². The van der Waals surface area contributed by atoms with Crippen LogP contribution in [-0.4, -0.2) is 39.6 Å². The van der Waals surface area contributed by atoms with E-state index in [2.05, 4.69) is 15.7 Å². The molecule has 30 heavy (non-hydrogen) atoms. The number of nitrogens with zero attached hydrogens (tertiary/aromatic N) is 2. The van der Waals surface area contributed by atoms with Gasteiger partial charge in [0.05, 0.1) is 31.0 Å². The van der Waals surface area contributed by atoms with E-state index in [0.717, 1.165) is 18.2 Å². The zero-order valence-corrected chi connectivity index (χ0v) is 16.5. The van der Waals surface area contributed by atoms with E-state index in [4.69, 9.17) is 4.74 Å². The largest absolute Gasteiger partial charge is 0.462 e. The van der Waals surface area contributed by atoms with Crippen LogP contribution in [0.3, 0.4) is 0 Å². The third-order valence-corrected chi connectivity index (χ3v) is 4.02. The van der Waals surface area contributed by atoms with Crippen molar-refractivity contribution >= 4 is 23.5 Å². The van der Waals surface area contributed by atoms with Crippen LogP contribution in [0.1, 0.15) is 42.6 Å². The van der Waals surface area contributed by atoms with Gasteiger partial charge in [0, 0.05) is 5.69 Å². The van der Waals surface area contributed by atoms with E-state index in [9.17, 15) is 27.9 Å². The normalized spacial score (nSPS) is 12.3. The number of ether oxygens (including phenoxy) is 1. The molecule has 0 fully saturated rings. The zero-order chi connectivity index (χ0) is 22.3. The fourth-order valence-electron chi connectivity index (χ4n) is 2.68. The number of halogens is 3. The second-order valence-electron chi connectivity index (χ2n) is 6.41. The summed E-state index contributed by atoms with van der Waals surface area (Å²) in [5.41, 5.74) is -1.04. The topological polar surface area (TPSA) is 105 Å². The van der Waals surface area contributed by atoms with Gasteiger partial charge in [0.2, 0.25) is 0 Å². The van der Waals surface area contributed by atoms with Gasteiger partial charge in [-0.3, -0.25) is 5.32 Å². The Morgan fingerprint density at radius 3 is 2.63 bits per heavy atom. The van der Waals surface area contributed by atoms with Crippen LogP contribution in [0, 0.1) is 0 Å². The summed E-state index contributed by atoms with van der Waals surface area (Å²) < 4.78 is 44.7. The van der Waals surface area contributed by atoms with Gasteiger partial charge in [0.25, 0.3) is 0 Å². The van der Waals surface area contributed by atoms with Crippen LogP contribution in [0.4, 0.5) is 29.5 Å². The van der Waals surface area contributed by atoms with Crippen LogP contribution in [-0.2, 0) is 17.5 Å². The van der Waals surface area contributed by atoms with Crippen LogP contribution < -0.4 is 10.6 Å². The fourth-order valence-corrected chi connectivity index (χ4v) is 2.68. The molecule has 0 aliphatic rings. The molecule has 1 atom stereocenters. The first-order valence-electron chi connectivity index (χ1n) is 9.31. The smallest absolute Gasteiger partial charge is 0.416 e. The molecule has 0 aliphatic heterocycles. The minimum Gasteiger partial charge on any atom is -0.462 e. The Labute approximate surface area is 171 Å². The molecule has 0 radical (unpaired) electrons. The number of hydrogen-bond acceptors (Lipinski definition) is 5. The highest BCUT2D eigenvalue weighted by Crippen LogP contribution is 2.30. The van der Waals surface area contributed by atoms with Crippen molar-refractivity contribution in [3.63, 3.8) is 0 Å². The van der Waals surface area contributed by atoms with Crippen molar-refractivity contribution in [3.8, 4) is 0 Å². The van der Waals surface area contributed by atoms with Crippen molar-refractivity contribution in [1.82, 2.24) is 9.78 Å². The molecule has 2 rings (SSSR count). The van der Waals surface area contributed by atoms with Crippen LogP contribution >= 0.6 is 0 Å². The number of aromatic nitrogens is 2. The van der Waals surface area contributed by atoms with Crippen molar-refractivity contribution in [1.29, 1.82) is 0 Å². The Balaban J connectivity index is 2.23. The van der Waals surface area contributed by atoms with E-state index >= 15 is 0 Å². The first kappa shape index (κ1) is 23.2. The van der Waals surface area contributed by atoms with E-state index in [1.54, 1.807) is 6.92 Å². The standard InChI is InChI=1S/C19H23F3N4O4/c1-3-6-14(27)11-26-16(15(10-23-26)17(28)30-4-2)25-18(29)24-13-8-5-7-12(9-13)19(20,21)22/h5,7-10,14,27H,3-4,6,11H2,1-2H3,(H2,24,25,29). The number of urea groups is 1. The Morgan fingerprint density at radius 1 is 1.27 bits per heavy atom. The molecule has 1 aromatic carbocycles. The predicted octanol–water partition coefficient (Wildman–Crippen LogP) is 3.88. The predicted molar refractivity (Wildman–Crippen MR) is 103 cm³/mol. The molecule has 2 aromatic rings. The van der Waals surface area contributed by atoms with Crippen LogP contribution in [0.2, 0.25) is 0 Å². The zero-order valence-electron chi connectivity index (χ0n) is 16.5. The summed E-state index contributed by atoms with van der Waals surface area (Å²) in [5, 5.41) is 18.8. The maximum atomic E-state index is 12.8. The quantitative estimate of drug-likeness (QED) is 0.554. The van der Waals surface area contributed by atoms with Crippen molar-refractivity contribution in [2.45, 2.75) is 45.5 Å². The monoisotopic (exact) mass is 428 g/mol. The summed E-state index contributed by atoms with van der Waals surface area (Å²) in [7, 11) is 0. The highest BCUT2D eigenvalue weighted by molar-refractivity contribution is 6.04. The Morgan fingerprint density at radius 2 is 2.00 bits per heavy atom. The second kappa shape index (κ2) is 10.1. The Kier molecular flexibility index (Phi) is 7.81. The van der Waals surface area contributed by atoms with Gasteiger partial charge in [0.1, 0.15) is 11.4 Å². The highest BCUT2D eigenvalue weighted by Gasteiger charge is 2.30. The average Bonchev–Trinajstić information content (AvgIpc) is 3.03. The third-order valence-electron chi connectivity index (χ3n) is 4.02. The van der Waals surface area contributed by atoms with Crippen molar-refractivity contribution < 1.29 is 32.6 Å². The van der Waals surface area contributed by atoms with Gasteiger partial charge in [-0.05, 0) is 31.5 Å². The van der Waals surface area contributed by atoms with Crippen molar-refractivity contribution in [3.05, 3.63) is 41.6 Å². The molecule has 0 bridgehead atoms. The van der Waals surface area contributed by atoms with Gasteiger partial charge >= 0.3 is 18.2 Å². The van der Waals surface area contributed by atoms with Crippen LogP contribution in [0.15, 0.2) is 30.5 Å². The minimum atomic E-state index is -4.56. The van der Waals surface area contributed by atoms with Gasteiger partial charge in [-0.2, -0.15) is 18.3 Å². The van der Waals surface area contributed by atoms with Gasteiger partial charge in [-0.1, -0.05) is 19.4 Å². The maximum Gasteiger partial charge on any atom is 0.416 e. The number of hydrogen-bond donors (Lipinski definition) is 3. The first-order chi connectivity index (χ1) is 14.2. The lowest BCUT2D eigenvalue weighted by molar-refractivity contribution is -0.137. The lowest BCUT2D eigenvalue weighted by atomic mass is 10.2. The number of nitrogens with one attached hydrogen (secondary N) is 2. The van der Waals surface area contributed by atoms with Gasteiger partial charge in [-0.15, -0.1) is 0 Å². The SMILES string of the molecule is CCCC(O)Cn1ncc(C(=O)OCC)c1NC(=O)Nc1cccc(C(F)(F)F)c1. The molecule has 0 aliphatic carbocycles. The summed E-state index contributed by atoms with van der Waals surface area (Å²) in [6, 6.07) is 3.24. The number of carbonyl (C=O) groups is 2. The molecular weight excluding hydrogens is 405 g/mol. The molecule has 0 saturated carbocycles. The van der Waals surface area contributed by atoms with E-state index in [-0.39, 0.29) is 30.2 Å². The third kappa shape index (κ3) is 6.21. The summed E-state index contributed by atoms with van der Waals surface area (Å²) in [6.07, 6.45) is -2.94. The Bertz CT molecular complexity index is 883. The first-order valence-corrected chi connectivity index (χ1v) is 9.31. The van der Waals surface area contributed by atoms with Crippen LogP contribution in [0.25, 0.3) is 0 Å². The maximum absolute atomic E-state index is 12.8. The number of benzene rings is 1. The highest BCUT2D eigenvalue weighted by atomic mass is 19.4. The summed E-state index contributed by atoms with van der Waals surface area (Å²) >= 11 is 0. The number of aliphatic hydroxyl groups is 1. The minimum absolute atomic E-state index is 0.00637. The lowest BCUT2D eigenvalue weighted by Crippen LogP contribution is -2.25. The molecule has 0 spiro atoms. The van der Waals surface area contributed by atoms with Crippen molar-refractivity contribution in [2.24, 2.45) is 0 Å². The number of amides is 2. The molecule has 1 aromatic heterocycles. The number of esters is 1. The average molecular weight is 428 g/mol. The fraction of sp³-hybridized carbons (Fsp3) is 0.421. The van der Waals surface area contributed by atoms with E-state index in [0.29, 0.717) is 12.8 Å². The molecule has 11 heteroatoms. The molecule has 8 nitrogen and oxygen atoms in total. The van der Waals surface area contributed by atoms with Crippen LogP contribution in [0.5, 0.6) is 0 Å². The van der Waals surface area contributed by atoms with Gasteiger partial charge in [0.15, 0.2) is 0 Å². The molecule has 164 valence electrons. The second-order valence-corrected chi connectivity index (χ2v) is 6.41. The molecule has 3 N–H and O–H groups in total. The summed E-state index contributed by atoms with van der Waals surface area (Å²) in [4.78, 5) is 24.5. The summed E-state index contributed by atoms with van der Waals surface area (Å²) in [5.74, 6) is -0.767. The molecule has 2 amide bonds. The summed E-state index contributed by atoms with van der Waals surface area (Å²) in [6.45, 7) is 3.60. The van der Waals surface area contributed by atoms with Gasteiger partial charge in [-0.25, -0.2) is 14.3 Å². The number of aliphatic hydroxyl groups excluding tert-OH is 1. The molecule has 0 saturated heterocycles. The number of carbonyl (C=O) groups excluding carboxylic acids is 2. The Hall–Kier alpha value is -3.08. The van der Waals surface area contributed by atoms with E-state index in [1.807, 2.05) is 6.92 Å². The molecule has 1 unspecified atom stereocenters.